The third-order valence-corrected chi connectivity index (χ3v) is 4.15. The van der Waals surface area contributed by atoms with Crippen molar-refractivity contribution in [2.24, 2.45) is 0 Å². The van der Waals surface area contributed by atoms with Crippen LogP contribution in [0.25, 0.3) is 0 Å². The molecule has 0 saturated carbocycles. The average molecular weight is 245 g/mol. The Morgan fingerprint density at radius 3 is 3.06 bits per heavy atom. The number of aryl methyl sites for hydroxylation is 1. The molecular weight excluding hydrogens is 230 g/mol. The quantitative estimate of drug-likeness (QED) is 0.811. The highest BCUT2D eigenvalue weighted by atomic mass is 32.2. The van der Waals surface area contributed by atoms with E-state index < -0.39 is 9.84 Å². The van der Waals surface area contributed by atoms with E-state index in [1.54, 1.807) is 0 Å². The van der Waals surface area contributed by atoms with Crippen LogP contribution in [0.5, 0.6) is 0 Å². The molecule has 0 bridgehead atoms. The zero-order valence-corrected chi connectivity index (χ0v) is 9.96. The lowest BCUT2D eigenvalue weighted by Gasteiger charge is -2.20. The van der Waals surface area contributed by atoms with Crippen molar-refractivity contribution in [3.05, 3.63) is 11.7 Å². The molecular formula is C9H15N3O3S. The van der Waals surface area contributed by atoms with Gasteiger partial charge in [0.25, 0.3) is 0 Å². The van der Waals surface area contributed by atoms with E-state index in [1.165, 1.54) is 0 Å². The van der Waals surface area contributed by atoms with Crippen molar-refractivity contribution in [3.8, 4) is 0 Å². The molecule has 16 heavy (non-hydrogen) atoms. The van der Waals surface area contributed by atoms with Gasteiger partial charge in [0.05, 0.1) is 17.5 Å². The van der Waals surface area contributed by atoms with Crippen molar-refractivity contribution < 1.29 is 12.9 Å². The fraction of sp³-hybridized carbons (Fsp3) is 0.778. The molecule has 1 unspecified atom stereocenters. The highest BCUT2D eigenvalue weighted by Gasteiger charge is 2.28. The van der Waals surface area contributed by atoms with Gasteiger partial charge in [0.15, 0.2) is 15.7 Å². The summed E-state index contributed by atoms with van der Waals surface area (Å²) < 4.78 is 27.9. The number of hydrogen-bond acceptors (Lipinski definition) is 6. The zero-order valence-electron chi connectivity index (χ0n) is 9.14. The number of nitrogens with one attached hydrogen (secondary N) is 1. The molecule has 0 radical (unpaired) electrons. The van der Waals surface area contributed by atoms with Gasteiger partial charge in [-0.05, 0) is 6.42 Å². The Balaban J connectivity index is 2.11. The largest absolute Gasteiger partial charge is 0.339 e. The third kappa shape index (κ3) is 2.59. The monoisotopic (exact) mass is 245 g/mol. The Morgan fingerprint density at radius 2 is 2.38 bits per heavy atom. The maximum absolute atomic E-state index is 11.4. The first-order valence-corrected chi connectivity index (χ1v) is 7.19. The van der Waals surface area contributed by atoms with Crippen LogP contribution in [-0.2, 0) is 16.3 Å². The van der Waals surface area contributed by atoms with Gasteiger partial charge in [0.1, 0.15) is 0 Å². The molecule has 2 heterocycles. The van der Waals surface area contributed by atoms with Crippen molar-refractivity contribution in [2.45, 2.75) is 25.8 Å². The van der Waals surface area contributed by atoms with Gasteiger partial charge in [0.2, 0.25) is 5.89 Å². The number of sulfone groups is 1. The maximum atomic E-state index is 11.4. The Morgan fingerprint density at radius 1 is 1.56 bits per heavy atom. The number of hydrogen-bond donors (Lipinski definition) is 1. The van der Waals surface area contributed by atoms with Gasteiger partial charge in [-0.2, -0.15) is 4.98 Å². The molecule has 1 aromatic heterocycles. The van der Waals surface area contributed by atoms with E-state index in [4.69, 9.17) is 4.52 Å². The highest BCUT2D eigenvalue weighted by molar-refractivity contribution is 7.91. The lowest BCUT2D eigenvalue weighted by molar-refractivity contribution is 0.365. The van der Waals surface area contributed by atoms with Gasteiger partial charge in [-0.1, -0.05) is 12.1 Å². The topological polar surface area (TPSA) is 85.1 Å². The standard InChI is InChI=1S/C9H15N3O3S/c1-2-3-8-11-9(12-15-8)7-6-16(13,14)5-4-10-7/h7,10H,2-6H2,1H3. The van der Waals surface area contributed by atoms with E-state index in [0.717, 1.165) is 12.8 Å². The molecule has 7 heteroatoms. The van der Waals surface area contributed by atoms with Crippen LogP contribution in [-0.4, -0.2) is 36.6 Å². The van der Waals surface area contributed by atoms with Crippen molar-refractivity contribution in [1.29, 1.82) is 0 Å². The molecule has 0 spiro atoms. The van der Waals surface area contributed by atoms with Gasteiger partial charge in [0, 0.05) is 13.0 Å². The molecule has 1 fully saturated rings. The molecule has 2 rings (SSSR count). The molecule has 1 aliphatic rings. The summed E-state index contributed by atoms with van der Waals surface area (Å²) in [5.74, 6) is 1.26. The van der Waals surface area contributed by atoms with Crippen LogP contribution in [0.4, 0.5) is 0 Å². The first-order chi connectivity index (χ1) is 7.61. The second kappa shape index (κ2) is 4.50. The summed E-state index contributed by atoms with van der Waals surface area (Å²) in [6.07, 6.45) is 1.66. The number of nitrogens with zero attached hydrogens (tertiary/aromatic N) is 2. The molecule has 1 aromatic rings. The minimum atomic E-state index is -2.97. The van der Waals surface area contributed by atoms with Crippen molar-refractivity contribution in [2.75, 3.05) is 18.1 Å². The number of rotatable bonds is 3. The number of aromatic nitrogens is 2. The van der Waals surface area contributed by atoms with Crippen LogP contribution < -0.4 is 5.32 Å². The third-order valence-electron chi connectivity index (χ3n) is 2.48. The van der Waals surface area contributed by atoms with Crippen molar-refractivity contribution in [1.82, 2.24) is 15.5 Å². The van der Waals surface area contributed by atoms with Gasteiger partial charge in [-0.25, -0.2) is 8.42 Å². The summed E-state index contributed by atoms with van der Waals surface area (Å²) in [4.78, 5) is 4.18. The first-order valence-electron chi connectivity index (χ1n) is 5.37. The minimum absolute atomic E-state index is 0.0537. The van der Waals surface area contributed by atoms with Crippen LogP contribution in [0.15, 0.2) is 4.52 Å². The summed E-state index contributed by atoms with van der Waals surface area (Å²) in [5, 5.41) is 6.89. The average Bonchev–Trinajstić information content (AvgIpc) is 2.65. The van der Waals surface area contributed by atoms with Crippen LogP contribution >= 0.6 is 0 Å². The predicted octanol–water partition coefficient (Wildman–Crippen LogP) is 0.0812. The fourth-order valence-corrected chi connectivity index (χ4v) is 3.05. The van der Waals surface area contributed by atoms with Gasteiger partial charge < -0.3 is 9.84 Å². The highest BCUT2D eigenvalue weighted by Crippen LogP contribution is 2.16. The maximum Gasteiger partial charge on any atom is 0.226 e. The van der Waals surface area contributed by atoms with E-state index in [1.807, 2.05) is 6.92 Å². The normalized spacial score (nSPS) is 24.4. The lowest BCUT2D eigenvalue weighted by Crippen LogP contribution is -2.39. The van der Waals surface area contributed by atoms with Crippen molar-refractivity contribution in [3.63, 3.8) is 0 Å². The van der Waals surface area contributed by atoms with Crippen LogP contribution in [0, 0.1) is 0 Å². The van der Waals surface area contributed by atoms with E-state index in [9.17, 15) is 8.42 Å². The molecule has 90 valence electrons. The van der Waals surface area contributed by atoms with E-state index in [-0.39, 0.29) is 17.5 Å². The molecule has 1 N–H and O–H groups in total. The Hall–Kier alpha value is -0.950. The second-order valence-electron chi connectivity index (χ2n) is 3.92. The lowest BCUT2D eigenvalue weighted by atomic mass is 10.3. The van der Waals surface area contributed by atoms with E-state index in [2.05, 4.69) is 15.5 Å². The summed E-state index contributed by atoms with van der Waals surface area (Å²) >= 11 is 0. The fourth-order valence-electron chi connectivity index (χ4n) is 1.68. The van der Waals surface area contributed by atoms with Crippen LogP contribution in [0.2, 0.25) is 0 Å². The second-order valence-corrected chi connectivity index (χ2v) is 6.15. The minimum Gasteiger partial charge on any atom is -0.339 e. The molecule has 6 nitrogen and oxygen atoms in total. The molecule has 0 aromatic carbocycles. The van der Waals surface area contributed by atoms with E-state index >= 15 is 0 Å². The molecule has 0 amide bonds. The Kier molecular flexibility index (Phi) is 3.25. The predicted molar refractivity (Wildman–Crippen MR) is 57.7 cm³/mol. The summed E-state index contributed by atoms with van der Waals surface area (Å²) in [6, 6.07) is -0.326. The summed E-state index contributed by atoms with van der Waals surface area (Å²) in [5.41, 5.74) is 0. The van der Waals surface area contributed by atoms with Gasteiger partial charge in [-0.15, -0.1) is 0 Å². The van der Waals surface area contributed by atoms with Crippen molar-refractivity contribution >= 4 is 9.84 Å². The van der Waals surface area contributed by atoms with Gasteiger partial charge in [-0.3, -0.25) is 0 Å². The smallest absolute Gasteiger partial charge is 0.226 e. The molecule has 1 saturated heterocycles. The summed E-state index contributed by atoms with van der Waals surface area (Å²) in [7, 11) is -2.97. The molecule has 1 atom stereocenters. The molecule has 0 aliphatic carbocycles. The van der Waals surface area contributed by atoms with Crippen LogP contribution in [0.1, 0.15) is 31.1 Å². The Bertz CT molecular complexity index is 454. The van der Waals surface area contributed by atoms with Crippen LogP contribution in [0.3, 0.4) is 0 Å². The van der Waals surface area contributed by atoms with E-state index in [0.29, 0.717) is 18.3 Å². The summed E-state index contributed by atoms with van der Waals surface area (Å²) in [6.45, 7) is 2.47. The first kappa shape index (κ1) is 11.5. The van der Waals surface area contributed by atoms with Gasteiger partial charge >= 0.3 is 0 Å². The SMILES string of the molecule is CCCc1nc(C2CS(=O)(=O)CCN2)no1. The molecule has 1 aliphatic heterocycles. The zero-order chi connectivity index (χ0) is 11.6. The Labute approximate surface area is 94.3 Å².